The third-order valence-corrected chi connectivity index (χ3v) is 1.93. The Bertz CT molecular complexity index is 467. The number of nitrogens with zero attached hydrogens (tertiary/aromatic N) is 3. The van der Waals surface area contributed by atoms with E-state index in [2.05, 4.69) is 14.8 Å². The number of carbonyl (C=O) groups excluding carboxylic acids is 1. The van der Waals surface area contributed by atoms with E-state index < -0.39 is 18.2 Å². The Kier molecular flexibility index (Phi) is 3.96. The van der Waals surface area contributed by atoms with Gasteiger partial charge in [0.1, 0.15) is 5.82 Å². The van der Waals surface area contributed by atoms with Gasteiger partial charge in [-0.25, -0.2) is 4.98 Å². The lowest BCUT2D eigenvalue weighted by molar-refractivity contribution is -0.152. The molecule has 0 saturated heterocycles. The molecule has 0 amide bonds. The number of carbonyl (C=O) groups is 1. The topological polar surface area (TPSA) is 103 Å². The standard InChI is InChI=1S/C10H12N4O3/c1-5(15)8(17-6(2)16)7-4-13-9(11)10(12-3)14-7/h4-5,8,15H,1-2H3,(H2,11,13)/t5-,8+/m1/s1. The van der Waals surface area contributed by atoms with Crippen molar-refractivity contribution >= 4 is 17.6 Å². The first-order valence-corrected chi connectivity index (χ1v) is 4.81. The second kappa shape index (κ2) is 5.23. The molecule has 1 aromatic rings. The summed E-state index contributed by atoms with van der Waals surface area (Å²) in [6.07, 6.45) is -0.652. The van der Waals surface area contributed by atoms with Crippen LogP contribution in [0.25, 0.3) is 4.85 Å². The van der Waals surface area contributed by atoms with Crippen LogP contribution in [0.4, 0.5) is 11.6 Å². The van der Waals surface area contributed by atoms with Gasteiger partial charge in [0.2, 0.25) is 0 Å². The van der Waals surface area contributed by atoms with Gasteiger partial charge in [-0.1, -0.05) is 6.57 Å². The second-order valence-corrected chi connectivity index (χ2v) is 3.39. The molecule has 0 aliphatic heterocycles. The van der Waals surface area contributed by atoms with E-state index in [4.69, 9.17) is 17.0 Å². The number of nitrogen functional groups attached to an aromatic ring is 1. The molecule has 0 fully saturated rings. The first-order valence-electron chi connectivity index (χ1n) is 4.81. The van der Waals surface area contributed by atoms with Crippen LogP contribution in [0.3, 0.4) is 0 Å². The molecule has 7 nitrogen and oxygen atoms in total. The maximum atomic E-state index is 10.9. The SMILES string of the molecule is [C-]#[N+]c1nc([C@@H](OC(C)=O)[C@@H](C)O)cnc1N. The summed E-state index contributed by atoms with van der Waals surface area (Å²) >= 11 is 0. The Labute approximate surface area is 98.1 Å². The third-order valence-electron chi connectivity index (χ3n) is 1.93. The quantitative estimate of drug-likeness (QED) is 0.588. The van der Waals surface area contributed by atoms with Gasteiger partial charge in [-0.15, -0.1) is 4.98 Å². The predicted octanol–water partition coefficient (Wildman–Crippen LogP) is 0.595. The van der Waals surface area contributed by atoms with Crippen LogP contribution < -0.4 is 5.73 Å². The molecule has 17 heavy (non-hydrogen) atoms. The van der Waals surface area contributed by atoms with Gasteiger partial charge in [-0.3, -0.25) is 4.79 Å². The Morgan fingerprint density at radius 2 is 2.35 bits per heavy atom. The highest BCUT2D eigenvalue weighted by atomic mass is 16.6. The van der Waals surface area contributed by atoms with Crippen molar-refractivity contribution in [3.8, 4) is 0 Å². The van der Waals surface area contributed by atoms with Crippen LogP contribution in [0.5, 0.6) is 0 Å². The van der Waals surface area contributed by atoms with Gasteiger partial charge < -0.3 is 20.4 Å². The highest BCUT2D eigenvalue weighted by Crippen LogP contribution is 2.24. The molecule has 0 bridgehead atoms. The predicted molar refractivity (Wildman–Crippen MR) is 58.9 cm³/mol. The van der Waals surface area contributed by atoms with Crippen LogP contribution in [0.2, 0.25) is 0 Å². The number of aromatic nitrogens is 2. The van der Waals surface area contributed by atoms with E-state index >= 15 is 0 Å². The van der Waals surface area contributed by atoms with Crippen LogP contribution >= 0.6 is 0 Å². The summed E-state index contributed by atoms with van der Waals surface area (Å²) in [6, 6.07) is 0. The van der Waals surface area contributed by atoms with Crippen molar-refractivity contribution in [2.45, 2.75) is 26.1 Å². The van der Waals surface area contributed by atoms with E-state index in [0.29, 0.717) is 0 Å². The van der Waals surface area contributed by atoms with Gasteiger partial charge in [0.25, 0.3) is 0 Å². The smallest absolute Gasteiger partial charge is 0.312 e. The fourth-order valence-corrected chi connectivity index (χ4v) is 1.21. The average Bonchev–Trinajstić information content (AvgIpc) is 2.26. The number of aliphatic hydroxyl groups is 1. The number of rotatable bonds is 3. The summed E-state index contributed by atoms with van der Waals surface area (Å²) in [5.41, 5.74) is 5.61. The van der Waals surface area contributed by atoms with E-state index in [1.54, 1.807) is 0 Å². The lowest BCUT2D eigenvalue weighted by atomic mass is 10.1. The van der Waals surface area contributed by atoms with E-state index in [0.717, 1.165) is 0 Å². The van der Waals surface area contributed by atoms with E-state index in [9.17, 15) is 9.90 Å². The normalized spacial score (nSPS) is 13.5. The van der Waals surface area contributed by atoms with Gasteiger partial charge in [-0.2, -0.15) is 0 Å². The molecule has 2 atom stereocenters. The Morgan fingerprint density at radius 3 is 2.82 bits per heavy atom. The van der Waals surface area contributed by atoms with Gasteiger partial charge in [0.15, 0.2) is 11.8 Å². The summed E-state index contributed by atoms with van der Waals surface area (Å²) in [7, 11) is 0. The fraction of sp³-hybridized carbons (Fsp3) is 0.400. The average molecular weight is 236 g/mol. The zero-order valence-electron chi connectivity index (χ0n) is 9.41. The minimum Gasteiger partial charge on any atom is -0.451 e. The van der Waals surface area contributed by atoms with Crippen LogP contribution in [-0.2, 0) is 9.53 Å². The van der Waals surface area contributed by atoms with Crippen LogP contribution in [0.15, 0.2) is 6.20 Å². The maximum Gasteiger partial charge on any atom is 0.312 e. The molecule has 7 heteroatoms. The summed E-state index contributed by atoms with van der Waals surface area (Å²) in [5, 5.41) is 9.49. The molecule has 0 radical (unpaired) electrons. The third kappa shape index (κ3) is 3.12. The van der Waals surface area contributed by atoms with Crippen LogP contribution in [0, 0.1) is 6.57 Å². The van der Waals surface area contributed by atoms with Crippen LogP contribution in [0.1, 0.15) is 25.6 Å². The lowest BCUT2D eigenvalue weighted by Crippen LogP contribution is -2.21. The molecule has 0 aliphatic carbocycles. The van der Waals surface area contributed by atoms with Crippen molar-refractivity contribution in [1.29, 1.82) is 0 Å². The fourth-order valence-electron chi connectivity index (χ4n) is 1.21. The second-order valence-electron chi connectivity index (χ2n) is 3.39. The van der Waals surface area contributed by atoms with Crippen molar-refractivity contribution < 1.29 is 14.6 Å². The minimum atomic E-state index is -0.963. The monoisotopic (exact) mass is 236 g/mol. The maximum absolute atomic E-state index is 10.9. The van der Waals surface area contributed by atoms with Gasteiger partial charge >= 0.3 is 11.8 Å². The molecule has 1 rings (SSSR count). The number of nitrogens with two attached hydrogens (primary N) is 1. The summed E-state index contributed by atoms with van der Waals surface area (Å²) in [6.45, 7) is 9.51. The Morgan fingerprint density at radius 1 is 1.71 bits per heavy atom. The number of aliphatic hydroxyl groups excluding tert-OH is 1. The number of anilines is 1. The lowest BCUT2D eigenvalue weighted by Gasteiger charge is -2.16. The van der Waals surface area contributed by atoms with E-state index in [-0.39, 0.29) is 17.3 Å². The number of hydrogen-bond donors (Lipinski definition) is 2. The Balaban J connectivity index is 3.11. The van der Waals surface area contributed by atoms with Crippen molar-refractivity contribution in [1.82, 2.24) is 9.97 Å². The first-order chi connectivity index (χ1) is 7.95. The van der Waals surface area contributed by atoms with Gasteiger partial charge in [0, 0.05) is 6.92 Å². The largest absolute Gasteiger partial charge is 0.451 e. The molecule has 0 aliphatic rings. The zero-order valence-corrected chi connectivity index (χ0v) is 9.41. The summed E-state index contributed by atoms with van der Waals surface area (Å²) in [5.74, 6) is -0.643. The molecular formula is C10H12N4O3. The van der Waals surface area contributed by atoms with Gasteiger partial charge in [0.05, 0.1) is 12.3 Å². The van der Waals surface area contributed by atoms with E-state index in [1.807, 2.05) is 0 Å². The molecule has 1 aromatic heterocycles. The molecule has 1 heterocycles. The molecule has 0 aromatic carbocycles. The van der Waals surface area contributed by atoms with Crippen LogP contribution in [-0.4, -0.2) is 27.1 Å². The number of ether oxygens (including phenoxy) is 1. The number of esters is 1. The molecule has 0 unspecified atom stereocenters. The highest BCUT2D eigenvalue weighted by Gasteiger charge is 2.26. The van der Waals surface area contributed by atoms with Gasteiger partial charge in [-0.05, 0) is 6.92 Å². The highest BCUT2D eigenvalue weighted by molar-refractivity contribution is 5.66. The minimum absolute atomic E-state index is 0.00378. The van der Waals surface area contributed by atoms with Crippen molar-refractivity contribution in [2.75, 3.05) is 5.73 Å². The van der Waals surface area contributed by atoms with E-state index in [1.165, 1.54) is 20.0 Å². The summed E-state index contributed by atoms with van der Waals surface area (Å²) in [4.78, 5) is 21.6. The molecule has 0 saturated carbocycles. The molecule has 3 N–H and O–H groups in total. The zero-order chi connectivity index (χ0) is 13.0. The van der Waals surface area contributed by atoms with Crippen molar-refractivity contribution in [3.05, 3.63) is 23.3 Å². The molecule has 0 spiro atoms. The molecule has 90 valence electrons. The molecular weight excluding hydrogens is 224 g/mol. The van der Waals surface area contributed by atoms with Crippen molar-refractivity contribution in [3.63, 3.8) is 0 Å². The first kappa shape index (κ1) is 12.9. The van der Waals surface area contributed by atoms with Crippen molar-refractivity contribution in [2.24, 2.45) is 0 Å². The Hall–Kier alpha value is -2.20. The number of hydrogen-bond acceptors (Lipinski definition) is 6. The summed E-state index contributed by atoms with van der Waals surface area (Å²) < 4.78 is 4.90.